The molecule has 1 aliphatic rings. The second kappa shape index (κ2) is 11.0. The number of halogens is 1. The van der Waals surface area contributed by atoms with Crippen LogP contribution in [0.15, 0.2) is 27.8 Å². The predicted molar refractivity (Wildman–Crippen MR) is 111 cm³/mol. The van der Waals surface area contributed by atoms with Crippen LogP contribution in [-0.4, -0.2) is 85.8 Å². The van der Waals surface area contributed by atoms with E-state index in [0.29, 0.717) is 31.9 Å². The molecule has 0 aromatic carbocycles. The molecular weight excluding hydrogens is 449 g/mol. The third-order valence-corrected chi connectivity index (χ3v) is 3.99. The Balaban J connectivity index is 0.00000338. The first-order valence-corrected chi connectivity index (χ1v) is 8.59. The van der Waals surface area contributed by atoms with Crippen LogP contribution in [0.3, 0.4) is 0 Å². The Morgan fingerprint density at radius 3 is 2.42 bits per heavy atom. The molecule has 8 nitrogen and oxygen atoms in total. The molecule has 0 spiro atoms. The molecule has 26 heavy (non-hydrogen) atoms. The van der Waals surface area contributed by atoms with Gasteiger partial charge >= 0.3 is 0 Å². The zero-order chi connectivity index (χ0) is 18.2. The van der Waals surface area contributed by atoms with Crippen LogP contribution in [0.1, 0.15) is 23.9 Å². The number of nitrogens with one attached hydrogen (secondary N) is 1. The number of carbonyl (C=O) groups excluding carboxylic acids is 2. The number of rotatable bonds is 5. The number of likely N-dealkylation sites (N-methyl/N-ethyl adjacent to an activating group) is 1. The summed E-state index contributed by atoms with van der Waals surface area (Å²) in [6.07, 6.45) is 2.47. The number of carbonyl (C=O) groups is 2. The van der Waals surface area contributed by atoms with Crippen LogP contribution >= 0.6 is 24.0 Å². The van der Waals surface area contributed by atoms with Crippen molar-refractivity contribution in [1.82, 2.24) is 20.0 Å². The number of amides is 2. The topological polar surface area (TPSA) is 81.4 Å². The SMILES string of the molecule is CCCNC(=NCC(=O)N(C)C)N1CCN(C(=O)c2ccco2)CC1.I. The largest absolute Gasteiger partial charge is 0.459 e. The number of hydrogen-bond acceptors (Lipinski definition) is 4. The molecule has 2 heterocycles. The summed E-state index contributed by atoms with van der Waals surface area (Å²) in [7, 11) is 3.44. The predicted octanol–water partition coefficient (Wildman–Crippen LogP) is 1.10. The molecule has 0 saturated carbocycles. The molecule has 146 valence electrons. The van der Waals surface area contributed by atoms with Crippen molar-refractivity contribution in [2.24, 2.45) is 4.99 Å². The molecule has 1 aromatic heterocycles. The van der Waals surface area contributed by atoms with Gasteiger partial charge in [-0.05, 0) is 18.6 Å². The lowest BCUT2D eigenvalue weighted by molar-refractivity contribution is -0.127. The molecule has 0 bridgehead atoms. The van der Waals surface area contributed by atoms with Crippen molar-refractivity contribution in [2.45, 2.75) is 13.3 Å². The number of furan rings is 1. The maximum Gasteiger partial charge on any atom is 0.289 e. The zero-order valence-electron chi connectivity index (χ0n) is 15.6. The summed E-state index contributed by atoms with van der Waals surface area (Å²) in [6.45, 7) is 5.50. The molecule has 2 amide bonds. The van der Waals surface area contributed by atoms with Gasteiger partial charge < -0.3 is 24.4 Å². The minimum atomic E-state index is -0.0903. The van der Waals surface area contributed by atoms with E-state index in [-0.39, 0.29) is 42.3 Å². The smallest absolute Gasteiger partial charge is 0.289 e. The molecule has 0 aliphatic carbocycles. The number of hydrogen-bond donors (Lipinski definition) is 1. The fourth-order valence-electron chi connectivity index (χ4n) is 2.47. The Morgan fingerprint density at radius 1 is 1.23 bits per heavy atom. The van der Waals surface area contributed by atoms with E-state index in [1.54, 1.807) is 31.1 Å². The average Bonchev–Trinajstić information content (AvgIpc) is 3.15. The summed E-state index contributed by atoms with van der Waals surface area (Å²) < 4.78 is 5.18. The van der Waals surface area contributed by atoms with Gasteiger partial charge in [-0.2, -0.15) is 0 Å². The summed E-state index contributed by atoms with van der Waals surface area (Å²) in [4.78, 5) is 33.9. The summed E-state index contributed by atoms with van der Waals surface area (Å²) >= 11 is 0. The summed E-state index contributed by atoms with van der Waals surface area (Å²) in [5.74, 6) is 0.958. The minimum absolute atomic E-state index is 0. The van der Waals surface area contributed by atoms with E-state index >= 15 is 0 Å². The highest BCUT2D eigenvalue weighted by Gasteiger charge is 2.25. The molecule has 1 N–H and O–H groups in total. The van der Waals surface area contributed by atoms with Gasteiger partial charge in [0.05, 0.1) is 6.26 Å². The first-order chi connectivity index (χ1) is 12.0. The third-order valence-electron chi connectivity index (χ3n) is 3.99. The second-order valence-corrected chi connectivity index (χ2v) is 6.11. The van der Waals surface area contributed by atoms with Crippen molar-refractivity contribution in [1.29, 1.82) is 0 Å². The van der Waals surface area contributed by atoms with E-state index in [4.69, 9.17) is 4.42 Å². The molecule has 1 saturated heterocycles. The molecule has 0 radical (unpaired) electrons. The highest BCUT2D eigenvalue weighted by Crippen LogP contribution is 2.09. The molecule has 1 fully saturated rings. The van der Waals surface area contributed by atoms with Crippen LogP contribution in [0.4, 0.5) is 0 Å². The number of aliphatic imine (C=N–C) groups is 1. The number of piperazine rings is 1. The number of nitrogens with zero attached hydrogens (tertiary/aromatic N) is 4. The fraction of sp³-hybridized carbons (Fsp3) is 0.588. The van der Waals surface area contributed by atoms with E-state index < -0.39 is 0 Å². The van der Waals surface area contributed by atoms with E-state index in [1.807, 2.05) is 0 Å². The van der Waals surface area contributed by atoms with Crippen LogP contribution in [0.25, 0.3) is 0 Å². The Kier molecular flexibility index (Phi) is 9.46. The van der Waals surface area contributed by atoms with Crippen LogP contribution < -0.4 is 5.32 Å². The Labute approximate surface area is 171 Å². The quantitative estimate of drug-likeness (QED) is 0.391. The van der Waals surface area contributed by atoms with Crippen molar-refractivity contribution in [3.05, 3.63) is 24.2 Å². The Morgan fingerprint density at radius 2 is 1.88 bits per heavy atom. The molecule has 9 heteroatoms. The summed E-state index contributed by atoms with van der Waals surface area (Å²) in [5, 5.41) is 3.29. The van der Waals surface area contributed by atoms with Crippen LogP contribution in [0, 0.1) is 0 Å². The van der Waals surface area contributed by atoms with E-state index in [2.05, 4.69) is 22.1 Å². The number of guanidine groups is 1. The van der Waals surface area contributed by atoms with E-state index in [1.165, 1.54) is 11.2 Å². The monoisotopic (exact) mass is 477 g/mol. The normalized spacial score (nSPS) is 14.7. The van der Waals surface area contributed by atoms with Crippen molar-refractivity contribution in [3.63, 3.8) is 0 Å². The fourth-order valence-corrected chi connectivity index (χ4v) is 2.47. The van der Waals surface area contributed by atoms with Crippen LogP contribution in [0.2, 0.25) is 0 Å². The molecular formula is C17H28IN5O3. The lowest BCUT2D eigenvalue weighted by Crippen LogP contribution is -2.54. The van der Waals surface area contributed by atoms with Gasteiger partial charge in [-0.15, -0.1) is 24.0 Å². The lowest BCUT2D eigenvalue weighted by Gasteiger charge is -2.36. The molecule has 0 atom stereocenters. The zero-order valence-corrected chi connectivity index (χ0v) is 17.9. The van der Waals surface area contributed by atoms with Gasteiger partial charge in [0.15, 0.2) is 11.7 Å². The summed E-state index contributed by atoms with van der Waals surface area (Å²) in [5.41, 5.74) is 0. The van der Waals surface area contributed by atoms with Crippen molar-refractivity contribution in [2.75, 3.05) is 53.4 Å². The van der Waals surface area contributed by atoms with Crippen LogP contribution in [0.5, 0.6) is 0 Å². The minimum Gasteiger partial charge on any atom is -0.459 e. The van der Waals surface area contributed by atoms with Crippen molar-refractivity contribution in [3.8, 4) is 0 Å². The molecule has 2 rings (SSSR count). The molecule has 0 unspecified atom stereocenters. The van der Waals surface area contributed by atoms with Gasteiger partial charge in [-0.25, -0.2) is 4.99 Å². The highest BCUT2D eigenvalue weighted by molar-refractivity contribution is 14.0. The highest BCUT2D eigenvalue weighted by atomic mass is 127. The first kappa shape index (κ1) is 22.3. The van der Waals surface area contributed by atoms with Crippen molar-refractivity contribution >= 4 is 41.8 Å². The van der Waals surface area contributed by atoms with E-state index in [0.717, 1.165) is 18.9 Å². The maximum absolute atomic E-state index is 12.3. The van der Waals surface area contributed by atoms with Gasteiger partial charge in [0, 0.05) is 46.8 Å². The first-order valence-electron chi connectivity index (χ1n) is 8.59. The Hall–Kier alpha value is -1.78. The Bertz CT molecular complexity index is 596. The van der Waals surface area contributed by atoms with E-state index in [9.17, 15) is 9.59 Å². The van der Waals surface area contributed by atoms with Gasteiger partial charge in [0.25, 0.3) is 5.91 Å². The van der Waals surface area contributed by atoms with Gasteiger partial charge in [-0.1, -0.05) is 6.92 Å². The lowest BCUT2D eigenvalue weighted by atomic mass is 10.3. The van der Waals surface area contributed by atoms with Crippen LogP contribution in [-0.2, 0) is 4.79 Å². The second-order valence-electron chi connectivity index (χ2n) is 6.11. The van der Waals surface area contributed by atoms with Gasteiger partial charge in [-0.3, -0.25) is 9.59 Å². The van der Waals surface area contributed by atoms with Crippen molar-refractivity contribution < 1.29 is 14.0 Å². The maximum atomic E-state index is 12.3. The van der Waals surface area contributed by atoms with Gasteiger partial charge in [0.1, 0.15) is 6.54 Å². The standard InChI is InChI=1S/C17H27N5O3.HI/c1-4-7-18-17(19-13-15(23)20(2)3)22-10-8-21(9-11-22)16(24)14-6-5-12-25-14;/h5-6,12H,4,7-11,13H2,1-3H3,(H,18,19);1H. The van der Waals surface area contributed by atoms with Gasteiger partial charge in [0.2, 0.25) is 5.91 Å². The summed E-state index contributed by atoms with van der Waals surface area (Å²) in [6, 6.07) is 3.39. The third kappa shape index (κ3) is 6.19. The average molecular weight is 477 g/mol. The molecule has 1 aliphatic heterocycles. The molecule has 1 aromatic rings.